The van der Waals surface area contributed by atoms with E-state index in [1.165, 1.54) is 0 Å². The van der Waals surface area contributed by atoms with E-state index in [9.17, 15) is 4.79 Å². The number of methoxy groups -OCH3 is 1. The Kier molecular flexibility index (Phi) is 14.8. The van der Waals surface area contributed by atoms with Crippen LogP contribution < -0.4 is 16.0 Å². The van der Waals surface area contributed by atoms with Gasteiger partial charge in [-0.25, -0.2) is 0 Å². The SMILES string of the molecule is C=CCNC(=NCCC(=O)NCCOC)NCCc1ccccn1.I. The third kappa shape index (κ3) is 12.3. The fourth-order valence-corrected chi connectivity index (χ4v) is 1.85. The molecule has 0 unspecified atom stereocenters. The first-order valence-electron chi connectivity index (χ1n) is 8.05. The largest absolute Gasteiger partial charge is 0.383 e. The van der Waals surface area contributed by atoms with E-state index < -0.39 is 0 Å². The number of aliphatic imine (C=N–C) groups is 1. The van der Waals surface area contributed by atoms with Crippen LogP contribution >= 0.6 is 24.0 Å². The van der Waals surface area contributed by atoms with Gasteiger partial charge in [0, 0.05) is 51.5 Å². The molecule has 0 fully saturated rings. The Labute approximate surface area is 166 Å². The number of nitrogens with zero attached hydrogens (tertiary/aromatic N) is 2. The van der Waals surface area contributed by atoms with Crippen molar-refractivity contribution in [3.63, 3.8) is 0 Å². The molecule has 1 aromatic rings. The minimum absolute atomic E-state index is 0. The van der Waals surface area contributed by atoms with Crippen LogP contribution in [-0.4, -0.2) is 56.7 Å². The molecule has 0 radical (unpaired) electrons. The van der Waals surface area contributed by atoms with Crippen LogP contribution in [0.3, 0.4) is 0 Å². The Morgan fingerprint density at radius 3 is 2.84 bits per heavy atom. The average Bonchev–Trinajstić information content (AvgIpc) is 2.60. The molecule has 0 aliphatic carbocycles. The molecule has 3 N–H and O–H groups in total. The lowest BCUT2D eigenvalue weighted by molar-refractivity contribution is -0.121. The normalized spacial score (nSPS) is 10.5. The number of carbonyl (C=O) groups is 1. The molecule has 1 aromatic heterocycles. The van der Waals surface area contributed by atoms with E-state index in [1.54, 1.807) is 19.4 Å². The minimum atomic E-state index is -0.0349. The number of aromatic nitrogens is 1. The molecule has 0 aliphatic heterocycles. The van der Waals surface area contributed by atoms with E-state index in [0.717, 1.165) is 12.1 Å². The predicted octanol–water partition coefficient (Wildman–Crippen LogP) is 1.12. The maximum Gasteiger partial charge on any atom is 0.221 e. The number of ether oxygens (including phenoxy) is 1. The van der Waals surface area contributed by atoms with Crippen LogP contribution in [0.2, 0.25) is 0 Å². The van der Waals surface area contributed by atoms with Gasteiger partial charge in [-0.1, -0.05) is 12.1 Å². The fraction of sp³-hybridized carbons (Fsp3) is 0.471. The van der Waals surface area contributed by atoms with Crippen molar-refractivity contribution in [3.8, 4) is 0 Å². The van der Waals surface area contributed by atoms with Crippen LogP contribution in [0.4, 0.5) is 0 Å². The summed E-state index contributed by atoms with van der Waals surface area (Å²) >= 11 is 0. The Morgan fingerprint density at radius 1 is 1.32 bits per heavy atom. The number of pyridine rings is 1. The summed E-state index contributed by atoms with van der Waals surface area (Å²) in [5, 5.41) is 9.13. The number of nitrogens with one attached hydrogen (secondary N) is 3. The maximum absolute atomic E-state index is 11.6. The quantitative estimate of drug-likeness (QED) is 0.151. The maximum atomic E-state index is 11.6. The summed E-state index contributed by atoms with van der Waals surface area (Å²) in [6.07, 6.45) is 4.67. The van der Waals surface area contributed by atoms with Crippen molar-refractivity contribution in [2.75, 3.05) is 39.9 Å². The number of carbonyl (C=O) groups excluding carboxylic acids is 1. The highest BCUT2D eigenvalue weighted by molar-refractivity contribution is 14.0. The smallest absolute Gasteiger partial charge is 0.221 e. The van der Waals surface area contributed by atoms with Gasteiger partial charge in [0.2, 0.25) is 5.91 Å². The molecule has 0 bridgehead atoms. The molecule has 0 saturated carbocycles. The number of hydrogen-bond donors (Lipinski definition) is 3. The van der Waals surface area contributed by atoms with Crippen LogP contribution in [-0.2, 0) is 16.0 Å². The van der Waals surface area contributed by atoms with Crippen molar-refractivity contribution in [1.29, 1.82) is 0 Å². The van der Waals surface area contributed by atoms with Crippen LogP contribution in [0.1, 0.15) is 12.1 Å². The summed E-state index contributed by atoms with van der Waals surface area (Å²) in [4.78, 5) is 20.3. The standard InChI is InChI=1S/C17H27N5O2.HI/c1-3-9-20-17(21-11-7-15-6-4-5-10-18-15)22-12-8-16(23)19-13-14-24-2;/h3-6,10H,1,7-9,11-14H2,2H3,(H,19,23)(H2,20,21,22);1H. The number of hydrogen-bond acceptors (Lipinski definition) is 4. The molecular weight excluding hydrogens is 433 g/mol. The van der Waals surface area contributed by atoms with E-state index in [0.29, 0.717) is 45.2 Å². The lowest BCUT2D eigenvalue weighted by Crippen LogP contribution is -2.39. The van der Waals surface area contributed by atoms with Crippen molar-refractivity contribution in [3.05, 3.63) is 42.7 Å². The van der Waals surface area contributed by atoms with Gasteiger partial charge < -0.3 is 20.7 Å². The zero-order chi connectivity index (χ0) is 17.5. The molecule has 0 saturated heterocycles. The van der Waals surface area contributed by atoms with E-state index in [4.69, 9.17) is 4.74 Å². The Hall–Kier alpha value is -1.68. The van der Waals surface area contributed by atoms with E-state index in [2.05, 4.69) is 32.5 Å². The molecule has 0 aliphatic rings. The van der Waals surface area contributed by atoms with E-state index >= 15 is 0 Å². The molecule has 0 atom stereocenters. The average molecular weight is 461 g/mol. The summed E-state index contributed by atoms with van der Waals surface area (Å²) in [5.41, 5.74) is 1.02. The first-order chi connectivity index (χ1) is 11.8. The highest BCUT2D eigenvalue weighted by Gasteiger charge is 2.01. The zero-order valence-corrected chi connectivity index (χ0v) is 17.0. The molecule has 7 nitrogen and oxygen atoms in total. The second-order valence-electron chi connectivity index (χ2n) is 4.99. The fourth-order valence-electron chi connectivity index (χ4n) is 1.85. The van der Waals surface area contributed by atoms with E-state index in [1.807, 2.05) is 18.2 Å². The van der Waals surface area contributed by atoms with E-state index in [-0.39, 0.29) is 29.9 Å². The zero-order valence-electron chi connectivity index (χ0n) is 14.7. The molecule has 1 amide bonds. The van der Waals surface area contributed by atoms with Crippen LogP contribution in [0, 0.1) is 0 Å². The van der Waals surface area contributed by atoms with Gasteiger partial charge in [0.15, 0.2) is 5.96 Å². The second-order valence-corrected chi connectivity index (χ2v) is 4.99. The first kappa shape index (κ1) is 23.3. The summed E-state index contributed by atoms with van der Waals surface area (Å²) in [6.45, 7) is 6.43. The number of guanidine groups is 1. The third-order valence-corrected chi connectivity index (χ3v) is 3.05. The molecule has 8 heteroatoms. The van der Waals surface area contributed by atoms with Crippen molar-refractivity contribution in [1.82, 2.24) is 20.9 Å². The summed E-state index contributed by atoms with van der Waals surface area (Å²) in [7, 11) is 1.60. The van der Waals surface area contributed by atoms with Crippen molar-refractivity contribution >= 4 is 35.8 Å². The predicted molar refractivity (Wildman–Crippen MR) is 111 cm³/mol. The summed E-state index contributed by atoms with van der Waals surface area (Å²) in [6, 6.07) is 5.85. The van der Waals surface area contributed by atoms with Crippen molar-refractivity contribution in [2.24, 2.45) is 4.99 Å². The van der Waals surface area contributed by atoms with Gasteiger partial charge >= 0.3 is 0 Å². The number of rotatable bonds is 11. The first-order valence-corrected chi connectivity index (χ1v) is 8.05. The molecule has 0 aromatic carbocycles. The Balaban J connectivity index is 0.00000576. The summed E-state index contributed by atoms with van der Waals surface area (Å²) < 4.78 is 4.88. The lowest BCUT2D eigenvalue weighted by Gasteiger charge is -2.11. The Bertz CT molecular complexity index is 511. The number of halogens is 1. The molecule has 25 heavy (non-hydrogen) atoms. The molecule has 0 spiro atoms. The lowest BCUT2D eigenvalue weighted by atomic mass is 10.3. The minimum Gasteiger partial charge on any atom is -0.383 e. The van der Waals surface area contributed by atoms with Crippen LogP contribution in [0.5, 0.6) is 0 Å². The second kappa shape index (κ2) is 15.8. The molecular formula is C17H28IN5O2. The van der Waals surface area contributed by atoms with Gasteiger partial charge in [-0.15, -0.1) is 30.6 Å². The summed E-state index contributed by atoms with van der Waals surface area (Å²) in [5.74, 6) is 0.628. The monoisotopic (exact) mass is 461 g/mol. The number of amides is 1. The van der Waals surface area contributed by atoms with Gasteiger partial charge in [-0.3, -0.25) is 14.8 Å². The van der Waals surface area contributed by atoms with Gasteiger partial charge in [0.05, 0.1) is 13.2 Å². The molecule has 1 rings (SSSR count). The topological polar surface area (TPSA) is 87.6 Å². The molecule has 140 valence electrons. The van der Waals surface area contributed by atoms with Gasteiger partial charge in [0.25, 0.3) is 0 Å². The van der Waals surface area contributed by atoms with Gasteiger partial charge in [0.1, 0.15) is 0 Å². The molecule has 1 heterocycles. The van der Waals surface area contributed by atoms with Crippen LogP contribution in [0.25, 0.3) is 0 Å². The third-order valence-electron chi connectivity index (χ3n) is 3.05. The van der Waals surface area contributed by atoms with Crippen LogP contribution in [0.15, 0.2) is 42.0 Å². The van der Waals surface area contributed by atoms with Crippen molar-refractivity contribution in [2.45, 2.75) is 12.8 Å². The highest BCUT2D eigenvalue weighted by atomic mass is 127. The van der Waals surface area contributed by atoms with Gasteiger partial charge in [-0.2, -0.15) is 0 Å². The van der Waals surface area contributed by atoms with Gasteiger partial charge in [-0.05, 0) is 12.1 Å². The highest BCUT2D eigenvalue weighted by Crippen LogP contribution is 1.93. The Morgan fingerprint density at radius 2 is 2.16 bits per heavy atom. The van der Waals surface area contributed by atoms with Crippen molar-refractivity contribution < 1.29 is 9.53 Å².